The topological polar surface area (TPSA) is 75.3 Å². The number of rotatable bonds is 5. The molecule has 0 heterocycles. The lowest BCUT2D eigenvalue weighted by atomic mass is 9.49. The van der Waals surface area contributed by atoms with Crippen LogP contribution in [0.4, 0.5) is 11.4 Å². The lowest BCUT2D eigenvalue weighted by molar-refractivity contribution is -0.140. The standard InChI is InChI=1S/C24H28N2O3S/c1-16-7-8-20(12-22(16)26-30(28,29)21-5-3-2-4-6-21)25-23(27)24-13-17-9-18(14-24)11-19(10-17)15-24/h2-8,12,17-19,26H,9-11,13-15H2,1H3,(H,25,27). The Morgan fingerprint density at radius 2 is 1.53 bits per heavy atom. The average molecular weight is 425 g/mol. The van der Waals surface area contributed by atoms with Crippen LogP contribution in [0.5, 0.6) is 0 Å². The van der Waals surface area contributed by atoms with Gasteiger partial charge in [0, 0.05) is 5.69 Å². The average Bonchev–Trinajstić information content (AvgIpc) is 2.70. The molecule has 2 aromatic rings. The van der Waals surface area contributed by atoms with Gasteiger partial charge in [-0.15, -0.1) is 0 Å². The smallest absolute Gasteiger partial charge is 0.261 e. The highest BCUT2D eigenvalue weighted by atomic mass is 32.2. The Labute approximate surface area is 178 Å². The minimum absolute atomic E-state index is 0.113. The number of nitrogens with one attached hydrogen (secondary N) is 2. The van der Waals surface area contributed by atoms with Gasteiger partial charge >= 0.3 is 0 Å². The number of anilines is 2. The second kappa shape index (κ2) is 7.12. The zero-order valence-electron chi connectivity index (χ0n) is 17.2. The fraction of sp³-hybridized carbons (Fsp3) is 0.458. The Bertz CT molecular complexity index is 1040. The normalized spacial score (nSPS) is 29.6. The Morgan fingerprint density at radius 1 is 0.933 bits per heavy atom. The van der Waals surface area contributed by atoms with Crippen LogP contribution in [-0.2, 0) is 14.8 Å². The second-order valence-electron chi connectivity index (χ2n) is 9.60. The van der Waals surface area contributed by atoms with Crippen LogP contribution in [0, 0.1) is 30.1 Å². The molecule has 2 aromatic carbocycles. The number of sulfonamides is 1. The molecule has 30 heavy (non-hydrogen) atoms. The maximum Gasteiger partial charge on any atom is 0.261 e. The van der Waals surface area contributed by atoms with Crippen molar-refractivity contribution in [3.05, 3.63) is 54.1 Å². The Balaban J connectivity index is 1.36. The zero-order chi connectivity index (χ0) is 20.9. The Kier molecular flexibility index (Phi) is 4.65. The first-order valence-corrected chi connectivity index (χ1v) is 12.3. The highest BCUT2D eigenvalue weighted by Gasteiger charge is 2.54. The third-order valence-corrected chi connectivity index (χ3v) is 8.69. The van der Waals surface area contributed by atoms with E-state index in [0.717, 1.165) is 24.8 Å². The van der Waals surface area contributed by atoms with E-state index in [1.165, 1.54) is 19.3 Å². The van der Waals surface area contributed by atoms with Crippen molar-refractivity contribution in [2.24, 2.45) is 23.2 Å². The number of carbonyl (C=O) groups excluding carboxylic acids is 1. The molecule has 6 rings (SSSR count). The van der Waals surface area contributed by atoms with Crippen LogP contribution in [0.1, 0.15) is 44.1 Å². The summed E-state index contributed by atoms with van der Waals surface area (Å²) in [6.45, 7) is 1.85. The van der Waals surface area contributed by atoms with Gasteiger partial charge in [0.15, 0.2) is 0 Å². The number of hydrogen-bond donors (Lipinski definition) is 2. The molecule has 158 valence electrons. The molecule has 0 unspecified atom stereocenters. The number of benzene rings is 2. The first-order chi connectivity index (χ1) is 14.3. The van der Waals surface area contributed by atoms with Crippen molar-refractivity contribution >= 4 is 27.3 Å². The van der Waals surface area contributed by atoms with Gasteiger partial charge in [-0.3, -0.25) is 9.52 Å². The van der Waals surface area contributed by atoms with Gasteiger partial charge < -0.3 is 5.32 Å². The summed E-state index contributed by atoms with van der Waals surface area (Å²) in [4.78, 5) is 13.5. The summed E-state index contributed by atoms with van der Waals surface area (Å²) in [6, 6.07) is 13.7. The second-order valence-corrected chi connectivity index (χ2v) is 11.3. The van der Waals surface area contributed by atoms with Crippen molar-refractivity contribution < 1.29 is 13.2 Å². The quantitative estimate of drug-likeness (QED) is 0.713. The molecule has 0 radical (unpaired) electrons. The van der Waals surface area contributed by atoms with Crippen LogP contribution in [-0.4, -0.2) is 14.3 Å². The third kappa shape index (κ3) is 3.51. The van der Waals surface area contributed by atoms with Crippen molar-refractivity contribution in [3.63, 3.8) is 0 Å². The molecule has 0 spiro atoms. The molecule has 0 saturated heterocycles. The molecule has 4 fully saturated rings. The summed E-state index contributed by atoms with van der Waals surface area (Å²) < 4.78 is 28.1. The van der Waals surface area contributed by atoms with E-state index in [1.807, 2.05) is 19.1 Å². The molecule has 0 aliphatic heterocycles. The SMILES string of the molecule is Cc1ccc(NC(=O)C23CC4CC(CC(C4)C2)C3)cc1NS(=O)(=O)c1ccccc1. The Hall–Kier alpha value is -2.34. The predicted octanol–water partition coefficient (Wildman–Crippen LogP) is 4.95. The maximum atomic E-state index is 13.3. The first-order valence-electron chi connectivity index (χ1n) is 10.8. The van der Waals surface area contributed by atoms with Crippen LogP contribution in [0.2, 0.25) is 0 Å². The minimum Gasteiger partial charge on any atom is -0.326 e. The molecular weight excluding hydrogens is 396 g/mol. The summed E-state index contributed by atoms with van der Waals surface area (Å²) in [5, 5.41) is 3.12. The fourth-order valence-electron chi connectivity index (χ4n) is 6.27. The van der Waals surface area contributed by atoms with E-state index < -0.39 is 10.0 Å². The fourth-order valence-corrected chi connectivity index (χ4v) is 7.41. The van der Waals surface area contributed by atoms with E-state index in [9.17, 15) is 13.2 Å². The Morgan fingerprint density at radius 3 is 2.13 bits per heavy atom. The molecular formula is C24H28N2O3S. The van der Waals surface area contributed by atoms with E-state index in [0.29, 0.717) is 29.1 Å². The van der Waals surface area contributed by atoms with Gasteiger partial charge in [0.2, 0.25) is 5.91 Å². The van der Waals surface area contributed by atoms with Crippen molar-refractivity contribution in [1.29, 1.82) is 0 Å². The van der Waals surface area contributed by atoms with Gasteiger partial charge in [-0.2, -0.15) is 0 Å². The number of hydrogen-bond acceptors (Lipinski definition) is 3. The first kappa shape index (κ1) is 19.6. The molecule has 4 saturated carbocycles. The number of amides is 1. The molecule has 2 N–H and O–H groups in total. The van der Waals surface area contributed by atoms with Gasteiger partial charge in [0.25, 0.3) is 10.0 Å². The minimum atomic E-state index is -3.68. The summed E-state index contributed by atoms with van der Waals surface area (Å²) in [7, 11) is -3.68. The summed E-state index contributed by atoms with van der Waals surface area (Å²) in [5.74, 6) is 2.22. The van der Waals surface area contributed by atoms with Gasteiger partial charge in [0.1, 0.15) is 0 Å². The van der Waals surface area contributed by atoms with Crippen molar-refractivity contribution in [2.45, 2.75) is 50.3 Å². The van der Waals surface area contributed by atoms with Crippen LogP contribution in [0.15, 0.2) is 53.4 Å². The van der Waals surface area contributed by atoms with Crippen molar-refractivity contribution in [1.82, 2.24) is 0 Å². The zero-order valence-corrected chi connectivity index (χ0v) is 18.0. The van der Waals surface area contributed by atoms with Crippen LogP contribution < -0.4 is 10.0 Å². The van der Waals surface area contributed by atoms with Crippen LogP contribution >= 0.6 is 0 Å². The van der Waals surface area contributed by atoms with E-state index in [1.54, 1.807) is 36.4 Å². The lowest BCUT2D eigenvalue weighted by Gasteiger charge is -2.55. The number of aryl methyl sites for hydroxylation is 1. The molecule has 6 heteroatoms. The molecule has 1 amide bonds. The van der Waals surface area contributed by atoms with Crippen molar-refractivity contribution in [2.75, 3.05) is 10.0 Å². The highest BCUT2D eigenvalue weighted by Crippen LogP contribution is 2.60. The van der Waals surface area contributed by atoms with E-state index in [2.05, 4.69) is 10.0 Å². The molecule has 4 aliphatic carbocycles. The van der Waals surface area contributed by atoms with Gasteiger partial charge in [0.05, 0.1) is 16.0 Å². The van der Waals surface area contributed by atoms with E-state index in [4.69, 9.17) is 0 Å². The molecule has 4 bridgehead atoms. The molecule has 5 nitrogen and oxygen atoms in total. The summed E-state index contributed by atoms with van der Waals surface area (Å²) >= 11 is 0. The highest BCUT2D eigenvalue weighted by molar-refractivity contribution is 7.92. The van der Waals surface area contributed by atoms with E-state index in [-0.39, 0.29) is 16.2 Å². The molecule has 0 atom stereocenters. The number of carbonyl (C=O) groups is 1. The lowest BCUT2D eigenvalue weighted by Crippen LogP contribution is -2.51. The van der Waals surface area contributed by atoms with Crippen molar-refractivity contribution in [3.8, 4) is 0 Å². The van der Waals surface area contributed by atoms with Gasteiger partial charge in [-0.25, -0.2) is 8.42 Å². The monoisotopic (exact) mass is 424 g/mol. The van der Waals surface area contributed by atoms with Gasteiger partial charge in [-0.05, 0) is 93.0 Å². The summed E-state index contributed by atoms with van der Waals surface area (Å²) in [6.07, 6.45) is 6.89. The summed E-state index contributed by atoms with van der Waals surface area (Å²) in [5.41, 5.74) is 1.71. The molecule has 0 aromatic heterocycles. The van der Waals surface area contributed by atoms with E-state index >= 15 is 0 Å². The largest absolute Gasteiger partial charge is 0.326 e. The van der Waals surface area contributed by atoms with Gasteiger partial charge in [-0.1, -0.05) is 24.3 Å². The predicted molar refractivity (Wildman–Crippen MR) is 118 cm³/mol. The third-order valence-electron chi connectivity index (χ3n) is 7.31. The molecule has 4 aliphatic rings. The van der Waals surface area contributed by atoms with Crippen LogP contribution in [0.25, 0.3) is 0 Å². The maximum absolute atomic E-state index is 13.3. The van der Waals surface area contributed by atoms with Crippen LogP contribution in [0.3, 0.4) is 0 Å².